The summed E-state index contributed by atoms with van der Waals surface area (Å²) in [6, 6.07) is 3.65. The van der Waals surface area contributed by atoms with E-state index in [1.165, 1.54) is 12.1 Å². The van der Waals surface area contributed by atoms with Crippen LogP contribution in [0.5, 0.6) is 5.75 Å². The number of rotatable bonds is 2. The number of phenols is 1. The third-order valence-corrected chi connectivity index (χ3v) is 3.72. The largest absolute Gasteiger partial charge is 0.505 e. The Hall–Kier alpha value is -2.37. The Labute approximate surface area is 127 Å². The van der Waals surface area contributed by atoms with Gasteiger partial charge in [-0.25, -0.2) is 9.37 Å². The molecule has 2 aromatic rings. The van der Waals surface area contributed by atoms with Crippen LogP contribution in [0, 0.1) is 5.82 Å². The number of carbonyl (C=O) groups is 1. The van der Waals surface area contributed by atoms with Crippen LogP contribution in [-0.2, 0) is 13.0 Å². The first kappa shape index (κ1) is 14.6. The Kier molecular flexibility index (Phi) is 3.60. The summed E-state index contributed by atoms with van der Waals surface area (Å²) >= 11 is 0. The summed E-state index contributed by atoms with van der Waals surface area (Å²) in [7, 11) is 0. The fraction of sp³-hybridized carbons (Fsp3) is 0.375. The second-order valence-electron chi connectivity index (χ2n) is 5.72. The third-order valence-electron chi connectivity index (χ3n) is 3.72. The maximum absolute atomic E-state index is 13.4. The van der Waals surface area contributed by atoms with E-state index in [2.05, 4.69) is 4.98 Å². The summed E-state index contributed by atoms with van der Waals surface area (Å²) in [5.41, 5.74) is 0.980. The highest BCUT2D eigenvalue weighted by Gasteiger charge is 2.27. The van der Waals surface area contributed by atoms with Gasteiger partial charge in [-0.2, -0.15) is 0 Å². The average Bonchev–Trinajstić information content (AvgIpc) is 2.92. The lowest BCUT2D eigenvalue weighted by Gasteiger charge is -2.25. The van der Waals surface area contributed by atoms with Gasteiger partial charge in [0.25, 0.3) is 5.91 Å². The zero-order valence-electron chi connectivity index (χ0n) is 12.5. The SMILES string of the molecule is CC(C)c1nc2c(o1)CCN(C(=O)c1ccc(O)c(F)c1)C2. The fourth-order valence-electron chi connectivity index (χ4n) is 2.46. The van der Waals surface area contributed by atoms with Gasteiger partial charge in [-0.05, 0) is 18.2 Å². The van der Waals surface area contributed by atoms with Gasteiger partial charge in [-0.3, -0.25) is 4.79 Å². The van der Waals surface area contributed by atoms with E-state index in [-0.39, 0.29) is 17.4 Å². The van der Waals surface area contributed by atoms with E-state index >= 15 is 0 Å². The Morgan fingerprint density at radius 3 is 2.91 bits per heavy atom. The van der Waals surface area contributed by atoms with Gasteiger partial charge in [0.05, 0.1) is 6.54 Å². The topological polar surface area (TPSA) is 66.6 Å². The van der Waals surface area contributed by atoms with Crippen molar-refractivity contribution in [2.75, 3.05) is 6.54 Å². The molecule has 22 heavy (non-hydrogen) atoms. The summed E-state index contributed by atoms with van der Waals surface area (Å²) < 4.78 is 19.1. The molecule has 1 amide bonds. The van der Waals surface area contributed by atoms with Gasteiger partial charge >= 0.3 is 0 Å². The van der Waals surface area contributed by atoms with Crippen LogP contribution < -0.4 is 0 Å². The van der Waals surface area contributed by atoms with E-state index in [1.54, 1.807) is 4.90 Å². The molecular formula is C16H17FN2O3. The van der Waals surface area contributed by atoms with Gasteiger partial charge in [0, 0.05) is 24.4 Å². The van der Waals surface area contributed by atoms with Crippen molar-refractivity contribution in [2.45, 2.75) is 32.7 Å². The van der Waals surface area contributed by atoms with E-state index in [9.17, 15) is 14.3 Å². The lowest BCUT2D eigenvalue weighted by molar-refractivity contribution is 0.0727. The number of fused-ring (bicyclic) bond motifs is 1. The highest BCUT2D eigenvalue weighted by molar-refractivity contribution is 5.94. The quantitative estimate of drug-likeness (QED) is 0.926. The smallest absolute Gasteiger partial charge is 0.254 e. The van der Waals surface area contributed by atoms with Crippen LogP contribution in [0.4, 0.5) is 4.39 Å². The molecule has 1 aromatic carbocycles. The van der Waals surface area contributed by atoms with E-state index in [1.807, 2.05) is 13.8 Å². The second kappa shape index (κ2) is 5.44. The van der Waals surface area contributed by atoms with Crippen molar-refractivity contribution < 1.29 is 18.7 Å². The number of nitrogens with zero attached hydrogens (tertiary/aromatic N) is 2. The zero-order valence-corrected chi connectivity index (χ0v) is 12.5. The van der Waals surface area contributed by atoms with Gasteiger partial charge in [-0.15, -0.1) is 0 Å². The van der Waals surface area contributed by atoms with E-state index in [0.717, 1.165) is 17.5 Å². The van der Waals surface area contributed by atoms with Crippen molar-refractivity contribution in [3.05, 3.63) is 46.9 Å². The predicted molar refractivity (Wildman–Crippen MR) is 77.1 cm³/mol. The summed E-state index contributed by atoms with van der Waals surface area (Å²) in [5, 5.41) is 9.20. The Bertz CT molecular complexity index is 724. The number of halogens is 1. The average molecular weight is 304 g/mol. The van der Waals surface area contributed by atoms with Gasteiger partial charge in [0.2, 0.25) is 0 Å². The molecule has 0 saturated carbocycles. The summed E-state index contributed by atoms with van der Waals surface area (Å²) in [6.45, 7) is 4.85. The van der Waals surface area contributed by atoms with Crippen molar-refractivity contribution in [1.82, 2.24) is 9.88 Å². The molecule has 0 fully saturated rings. The number of phenolic OH excluding ortho intramolecular Hbond substituents is 1. The van der Waals surface area contributed by atoms with Gasteiger partial charge in [0.1, 0.15) is 11.5 Å². The summed E-state index contributed by atoms with van der Waals surface area (Å²) in [4.78, 5) is 18.5. The molecule has 116 valence electrons. The first-order valence-corrected chi connectivity index (χ1v) is 7.22. The molecular weight excluding hydrogens is 287 g/mol. The van der Waals surface area contributed by atoms with Crippen LogP contribution in [0.25, 0.3) is 0 Å². The van der Waals surface area contributed by atoms with Crippen LogP contribution in [0.2, 0.25) is 0 Å². The van der Waals surface area contributed by atoms with E-state index in [0.29, 0.717) is 25.4 Å². The molecule has 1 aliphatic heterocycles. The lowest BCUT2D eigenvalue weighted by Crippen LogP contribution is -2.35. The number of aromatic hydroxyl groups is 1. The van der Waals surface area contributed by atoms with Gasteiger partial charge in [-0.1, -0.05) is 13.8 Å². The molecule has 1 aromatic heterocycles. The number of hydrogen-bond acceptors (Lipinski definition) is 4. The number of aromatic nitrogens is 1. The van der Waals surface area contributed by atoms with Crippen LogP contribution in [-0.4, -0.2) is 27.4 Å². The van der Waals surface area contributed by atoms with Gasteiger partial charge < -0.3 is 14.4 Å². The van der Waals surface area contributed by atoms with E-state index in [4.69, 9.17) is 4.42 Å². The Balaban J connectivity index is 1.81. The number of amides is 1. The van der Waals surface area contributed by atoms with Crippen LogP contribution in [0.15, 0.2) is 22.6 Å². The number of benzene rings is 1. The molecule has 0 unspecified atom stereocenters. The predicted octanol–water partition coefficient (Wildman–Crippen LogP) is 2.84. The molecule has 0 radical (unpaired) electrons. The number of hydrogen-bond donors (Lipinski definition) is 1. The molecule has 0 bridgehead atoms. The molecule has 1 N–H and O–H groups in total. The number of carbonyl (C=O) groups excluding carboxylic acids is 1. The van der Waals surface area contributed by atoms with Crippen molar-refractivity contribution in [3.63, 3.8) is 0 Å². The van der Waals surface area contributed by atoms with Gasteiger partial charge in [0.15, 0.2) is 17.5 Å². The highest BCUT2D eigenvalue weighted by atomic mass is 19.1. The molecule has 2 heterocycles. The molecule has 3 rings (SSSR count). The lowest BCUT2D eigenvalue weighted by atomic mass is 10.1. The minimum absolute atomic E-state index is 0.195. The molecule has 1 aliphatic rings. The maximum Gasteiger partial charge on any atom is 0.254 e. The maximum atomic E-state index is 13.4. The standard InChI is InChI=1S/C16H17FN2O3/c1-9(2)15-18-12-8-19(6-5-14(12)22-15)16(21)10-3-4-13(20)11(17)7-10/h3-4,7,9,20H,5-6,8H2,1-2H3. The second-order valence-corrected chi connectivity index (χ2v) is 5.72. The first-order valence-electron chi connectivity index (χ1n) is 7.22. The molecule has 0 atom stereocenters. The fourth-order valence-corrected chi connectivity index (χ4v) is 2.46. The minimum atomic E-state index is -0.799. The third kappa shape index (κ3) is 2.56. The number of oxazole rings is 1. The van der Waals surface area contributed by atoms with Crippen molar-refractivity contribution in [2.24, 2.45) is 0 Å². The van der Waals surface area contributed by atoms with Crippen LogP contribution in [0.3, 0.4) is 0 Å². The van der Waals surface area contributed by atoms with Crippen molar-refractivity contribution in [3.8, 4) is 5.75 Å². The highest BCUT2D eigenvalue weighted by Crippen LogP contribution is 2.25. The van der Waals surface area contributed by atoms with Crippen molar-refractivity contribution in [1.29, 1.82) is 0 Å². The molecule has 0 aliphatic carbocycles. The monoisotopic (exact) mass is 304 g/mol. The minimum Gasteiger partial charge on any atom is -0.505 e. The molecule has 0 spiro atoms. The first-order chi connectivity index (χ1) is 10.5. The van der Waals surface area contributed by atoms with Crippen molar-refractivity contribution >= 4 is 5.91 Å². The Morgan fingerprint density at radius 2 is 2.23 bits per heavy atom. The molecule has 6 heteroatoms. The van der Waals surface area contributed by atoms with Crippen LogP contribution in [0.1, 0.15) is 47.5 Å². The molecule has 0 saturated heterocycles. The summed E-state index contributed by atoms with van der Waals surface area (Å²) in [5.74, 6) is 0.154. The summed E-state index contributed by atoms with van der Waals surface area (Å²) in [6.07, 6.45) is 0.599. The Morgan fingerprint density at radius 1 is 1.45 bits per heavy atom. The normalized spacial score (nSPS) is 14.3. The molecule has 5 nitrogen and oxygen atoms in total. The van der Waals surface area contributed by atoms with Crippen LogP contribution >= 0.6 is 0 Å². The van der Waals surface area contributed by atoms with E-state index < -0.39 is 11.6 Å². The zero-order chi connectivity index (χ0) is 15.9.